The summed E-state index contributed by atoms with van der Waals surface area (Å²) in [6.45, 7) is 6.49. The maximum Gasteiger partial charge on any atom is 0.295 e. The van der Waals surface area contributed by atoms with E-state index in [-0.39, 0.29) is 20.1 Å². The Morgan fingerprint density at radius 2 is 1.89 bits per heavy atom. The smallest absolute Gasteiger partial charge is 0.295 e. The summed E-state index contributed by atoms with van der Waals surface area (Å²) in [5, 5.41) is 9.23. The quantitative estimate of drug-likeness (QED) is 0.544. The molecule has 0 atom stereocenters. The lowest BCUT2D eigenvalue weighted by atomic mass is 10.1. The van der Waals surface area contributed by atoms with Gasteiger partial charge in [0.15, 0.2) is 0 Å². The van der Waals surface area contributed by atoms with Crippen LogP contribution in [0.4, 0.5) is 0 Å². The molecule has 0 aliphatic carbocycles. The van der Waals surface area contributed by atoms with Gasteiger partial charge in [-0.05, 0) is 5.92 Å². The van der Waals surface area contributed by atoms with Crippen molar-refractivity contribution in [1.29, 1.82) is 0 Å². The van der Waals surface area contributed by atoms with Gasteiger partial charge < -0.3 is 4.90 Å². The van der Waals surface area contributed by atoms with Gasteiger partial charge in [0.1, 0.15) is 6.73 Å². The molecule has 0 aromatic carbocycles. The molecule has 106 valence electrons. The summed E-state index contributed by atoms with van der Waals surface area (Å²) in [5.74, 6) is 0.521. The van der Waals surface area contributed by atoms with Gasteiger partial charge in [0, 0.05) is 32.6 Å². The number of amides is 1. The molecule has 1 aliphatic heterocycles. The van der Waals surface area contributed by atoms with E-state index in [9.17, 15) is 14.9 Å². The fourth-order valence-corrected chi connectivity index (χ4v) is 1.73. The van der Waals surface area contributed by atoms with Crippen LogP contribution in [0.3, 0.4) is 0 Å². The molecule has 1 saturated heterocycles. The van der Waals surface area contributed by atoms with Gasteiger partial charge >= 0.3 is 0 Å². The third-order valence-corrected chi connectivity index (χ3v) is 2.65. The maximum atomic E-state index is 11.7. The number of rotatable bonds is 5. The van der Waals surface area contributed by atoms with Crippen molar-refractivity contribution in [1.82, 2.24) is 9.80 Å². The zero-order chi connectivity index (χ0) is 12.8. The third kappa shape index (κ3) is 5.81. The minimum absolute atomic E-state index is 0. The number of hydrogen-bond acceptors (Lipinski definition) is 5. The second-order valence-electron chi connectivity index (χ2n) is 4.58. The van der Waals surface area contributed by atoms with Crippen LogP contribution in [0.5, 0.6) is 0 Å². The van der Waals surface area contributed by atoms with Crippen molar-refractivity contribution in [2.45, 2.75) is 27.7 Å². The van der Waals surface area contributed by atoms with E-state index < -0.39 is 5.09 Å². The van der Waals surface area contributed by atoms with Gasteiger partial charge in [0.05, 0.1) is 0 Å². The van der Waals surface area contributed by atoms with E-state index in [0.29, 0.717) is 38.5 Å². The van der Waals surface area contributed by atoms with Crippen LogP contribution in [0.25, 0.3) is 0 Å². The summed E-state index contributed by atoms with van der Waals surface area (Å²) >= 11 is 0. The first-order valence-electron chi connectivity index (χ1n) is 5.76. The average molecular weight is 261 g/mol. The molecule has 0 saturated carbocycles. The summed E-state index contributed by atoms with van der Waals surface area (Å²) in [5.41, 5.74) is 0. The number of carbonyl (C=O) groups excluding carboxylic acids is 1. The molecular formula is C11H23N3O4. The van der Waals surface area contributed by atoms with Crippen LogP contribution < -0.4 is 0 Å². The largest absolute Gasteiger partial charge is 0.340 e. The molecule has 1 rings (SSSR count). The monoisotopic (exact) mass is 261 g/mol. The van der Waals surface area contributed by atoms with Gasteiger partial charge in [-0.15, -0.1) is 10.1 Å². The van der Waals surface area contributed by atoms with Crippen molar-refractivity contribution < 1.29 is 14.7 Å². The molecule has 1 heterocycles. The predicted molar refractivity (Wildman–Crippen MR) is 67.3 cm³/mol. The van der Waals surface area contributed by atoms with Crippen molar-refractivity contribution in [3.8, 4) is 0 Å². The molecule has 0 radical (unpaired) electrons. The van der Waals surface area contributed by atoms with Crippen molar-refractivity contribution in [3.63, 3.8) is 0 Å². The first kappa shape index (κ1) is 16.6. The number of piperazine rings is 1. The van der Waals surface area contributed by atoms with Crippen LogP contribution >= 0.6 is 0 Å². The van der Waals surface area contributed by atoms with Crippen molar-refractivity contribution in [2.24, 2.45) is 5.92 Å². The van der Waals surface area contributed by atoms with E-state index in [4.69, 9.17) is 0 Å². The van der Waals surface area contributed by atoms with Gasteiger partial charge in [0.2, 0.25) is 5.91 Å². The van der Waals surface area contributed by atoms with E-state index in [0.717, 1.165) is 0 Å². The first-order valence-corrected chi connectivity index (χ1v) is 5.76. The normalized spacial score (nSPS) is 16.3. The SMILES string of the molecule is C.CC(C)CC(=O)N1CCN(CO[N+](=O)[O-])CC1. The molecule has 18 heavy (non-hydrogen) atoms. The molecule has 0 unspecified atom stereocenters. The lowest BCUT2D eigenvalue weighted by molar-refractivity contribution is -0.762. The Labute approximate surface area is 108 Å². The number of hydrogen-bond donors (Lipinski definition) is 0. The maximum absolute atomic E-state index is 11.7. The van der Waals surface area contributed by atoms with Gasteiger partial charge in [-0.1, -0.05) is 21.3 Å². The van der Waals surface area contributed by atoms with Crippen molar-refractivity contribution in [3.05, 3.63) is 10.1 Å². The Morgan fingerprint density at radius 3 is 2.33 bits per heavy atom. The van der Waals surface area contributed by atoms with Crippen LogP contribution in [0.15, 0.2) is 0 Å². The van der Waals surface area contributed by atoms with E-state index >= 15 is 0 Å². The van der Waals surface area contributed by atoms with Crippen molar-refractivity contribution >= 4 is 5.91 Å². The zero-order valence-corrected chi connectivity index (χ0v) is 10.3. The summed E-state index contributed by atoms with van der Waals surface area (Å²) in [6.07, 6.45) is 0.561. The summed E-state index contributed by atoms with van der Waals surface area (Å²) < 4.78 is 0. The van der Waals surface area contributed by atoms with Gasteiger partial charge in [-0.25, -0.2) is 0 Å². The predicted octanol–water partition coefficient (Wildman–Crippen LogP) is 0.979. The highest BCUT2D eigenvalue weighted by Gasteiger charge is 2.21. The summed E-state index contributed by atoms with van der Waals surface area (Å²) in [6, 6.07) is 0. The first-order chi connectivity index (χ1) is 7.99. The number of carbonyl (C=O) groups is 1. The standard InChI is InChI=1S/C10H19N3O4.CH4/c1-9(2)7-10(14)12-5-3-11(4-6-12)8-17-13(15)16;/h9H,3-8H2,1-2H3;1H4. The highest BCUT2D eigenvalue weighted by Crippen LogP contribution is 2.08. The van der Waals surface area contributed by atoms with Gasteiger partial charge in [0.25, 0.3) is 5.09 Å². The van der Waals surface area contributed by atoms with Crippen LogP contribution in [-0.4, -0.2) is 53.7 Å². The molecule has 1 amide bonds. The topological polar surface area (TPSA) is 75.9 Å². The van der Waals surface area contributed by atoms with E-state index in [1.54, 1.807) is 0 Å². The van der Waals surface area contributed by atoms with Gasteiger partial charge in [-0.2, -0.15) is 0 Å². The van der Waals surface area contributed by atoms with E-state index in [1.165, 1.54) is 0 Å². The molecule has 7 nitrogen and oxygen atoms in total. The Bertz CT molecular complexity index is 275. The minimum Gasteiger partial charge on any atom is -0.340 e. The molecule has 1 fully saturated rings. The Kier molecular flexibility index (Phi) is 7.26. The lowest BCUT2D eigenvalue weighted by Crippen LogP contribution is -2.49. The fraction of sp³-hybridized carbons (Fsp3) is 0.909. The van der Waals surface area contributed by atoms with E-state index in [1.807, 2.05) is 23.6 Å². The minimum atomic E-state index is -0.795. The molecule has 1 aliphatic rings. The molecular weight excluding hydrogens is 238 g/mol. The Morgan fingerprint density at radius 1 is 1.33 bits per heavy atom. The Balaban J connectivity index is 0.00000289. The third-order valence-electron chi connectivity index (χ3n) is 2.65. The second-order valence-corrected chi connectivity index (χ2v) is 4.58. The highest BCUT2D eigenvalue weighted by molar-refractivity contribution is 5.76. The van der Waals surface area contributed by atoms with Crippen LogP contribution in [0.2, 0.25) is 0 Å². The van der Waals surface area contributed by atoms with Crippen molar-refractivity contribution in [2.75, 3.05) is 32.9 Å². The summed E-state index contributed by atoms with van der Waals surface area (Å²) in [7, 11) is 0. The molecule has 0 N–H and O–H groups in total. The molecule has 0 bridgehead atoms. The molecule has 0 spiro atoms. The summed E-state index contributed by atoms with van der Waals surface area (Å²) in [4.78, 5) is 29.7. The highest BCUT2D eigenvalue weighted by atomic mass is 17.0. The molecule has 7 heteroatoms. The molecule has 0 aromatic heterocycles. The fourth-order valence-electron chi connectivity index (χ4n) is 1.73. The van der Waals surface area contributed by atoms with Crippen LogP contribution in [0, 0.1) is 16.0 Å². The number of nitrogens with zero attached hydrogens (tertiary/aromatic N) is 3. The lowest BCUT2D eigenvalue weighted by Gasteiger charge is -2.34. The van der Waals surface area contributed by atoms with Crippen LogP contribution in [0.1, 0.15) is 27.7 Å². The van der Waals surface area contributed by atoms with Gasteiger partial charge in [-0.3, -0.25) is 14.5 Å². The zero-order valence-electron chi connectivity index (χ0n) is 10.3. The average Bonchev–Trinajstić information content (AvgIpc) is 2.26. The Hall–Kier alpha value is -1.37. The second kappa shape index (κ2) is 7.86. The molecule has 0 aromatic rings. The van der Waals surface area contributed by atoms with E-state index in [2.05, 4.69) is 4.84 Å². The van der Waals surface area contributed by atoms with Crippen LogP contribution in [-0.2, 0) is 9.63 Å².